The Bertz CT molecular complexity index is 1170. The largest absolute Gasteiger partial charge is 0.445 e. The summed E-state index contributed by atoms with van der Waals surface area (Å²) < 4.78 is 5.66. The van der Waals surface area contributed by atoms with E-state index in [2.05, 4.69) is 15.6 Å². The summed E-state index contributed by atoms with van der Waals surface area (Å²) in [6, 6.07) is 16.9. The molecule has 0 aliphatic heterocycles. The van der Waals surface area contributed by atoms with Crippen LogP contribution in [0.5, 0.6) is 0 Å². The average Bonchev–Trinajstić information content (AvgIpc) is 3.28. The first-order valence-corrected chi connectivity index (χ1v) is 13.0. The number of hydrogen-bond acceptors (Lipinski definition) is 4. The third-order valence-electron chi connectivity index (χ3n) is 6.86. The minimum atomic E-state index is -1.33. The molecule has 7 nitrogen and oxygen atoms in total. The number of H-pyrrole nitrogens is 1. The van der Waals surface area contributed by atoms with E-state index in [1.807, 2.05) is 60.8 Å². The summed E-state index contributed by atoms with van der Waals surface area (Å²) in [5, 5.41) is 16.5. The molecule has 1 heterocycles. The number of aliphatic hydroxyl groups is 1. The molecule has 36 heavy (non-hydrogen) atoms. The summed E-state index contributed by atoms with van der Waals surface area (Å²) >= 11 is 6.39. The van der Waals surface area contributed by atoms with E-state index < -0.39 is 23.6 Å². The lowest BCUT2D eigenvalue weighted by Crippen LogP contribution is -2.61. The lowest BCUT2D eigenvalue weighted by atomic mass is 9.91. The Balaban J connectivity index is 1.54. The minimum Gasteiger partial charge on any atom is -0.445 e. The molecule has 2 amide bonds. The molecule has 8 heteroatoms. The van der Waals surface area contributed by atoms with Gasteiger partial charge >= 0.3 is 6.09 Å². The Morgan fingerprint density at radius 1 is 1.14 bits per heavy atom. The molecule has 0 radical (unpaired) electrons. The van der Waals surface area contributed by atoms with Crippen molar-refractivity contribution >= 4 is 34.5 Å². The Morgan fingerprint density at radius 2 is 1.86 bits per heavy atom. The minimum absolute atomic E-state index is 0.232. The number of nitrogens with one attached hydrogen (secondary N) is 3. The molecule has 4 unspecified atom stereocenters. The smallest absolute Gasteiger partial charge is 0.408 e. The lowest BCUT2D eigenvalue weighted by molar-refractivity contribution is -0.128. The van der Waals surface area contributed by atoms with Crippen LogP contribution in [0.4, 0.5) is 4.79 Å². The summed E-state index contributed by atoms with van der Waals surface area (Å²) in [5.41, 5.74) is 1.50. The standard InChI is InChI=1S/C28H34ClN3O4/c1-28(16-20-17-30-24-13-7-5-11-22(20)24,32-27(35)36-25-14-8-6-12-23(25)29)26(34)31-21(18-33)15-19-9-3-2-4-10-19/h2-5,7,9-11,13,17,21,23,25,30,33H,6,8,12,14-16,18H2,1H3,(H,31,34)(H,32,35). The topological polar surface area (TPSA) is 103 Å². The first kappa shape index (κ1) is 26.0. The highest BCUT2D eigenvalue weighted by Gasteiger charge is 2.38. The molecule has 4 rings (SSSR count). The number of benzene rings is 2. The van der Waals surface area contributed by atoms with Gasteiger partial charge in [-0.25, -0.2) is 4.79 Å². The number of carbonyl (C=O) groups is 2. The third-order valence-corrected chi connectivity index (χ3v) is 7.36. The maximum absolute atomic E-state index is 13.7. The molecule has 0 spiro atoms. The second-order valence-electron chi connectivity index (χ2n) is 9.78. The summed E-state index contributed by atoms with van der Waals surface area (Å²) in [6.45, 7) is 1.45. The molecule has 192 valence electrons. The van der Waals surface area contributed by atoms with Crippen molar-refractivity contribution in [3.63, 3.8) is 0 Å². The number of para-hydroxylation sites is 1. The molecule has 1 saturated carbocycles. The van der Waals surface area contributed by atoms with E-state index in [1.54, 1.807) is 6.92 Å². The fourth-order valence-corrected chi connectivity index (χ4v) is 5.15. The van der Waals surface area contributed by atoms with Crippen LogP contribution in [0.3, 0.4) is 0 Å². The van der Waals surface area contributed by atoms with Gasteiger partial charge in [0.1, 0.15) is 11.6 Å². The number of amides is 2. The van der Waals surface area contributed by atoms with Gasteiger partial charge in [0.2, 0.25) is 5.91 Å². The predicted molar refractivity (Wildman–Crippen MR) is 141 cm³/mol. The molecular weight excluding hydrogens is 478 g/mol. The van der Waals surface area contributed by atoms with Gasteiger partial charge in [-0.05, 0) is 49.8 Å². The molecule has 1 fully saturated rings. The molecule has 1 aliphatic carbocycles. The van der Waals surface area contributed by atoms with Crippen LogP contribution in [0.1, 0.15) is 43.7 Å². The summed E-state index contributed by atoms with van der Waals surface area (Å²) in [7, 11) is 0. The van der Waals surface area contributed by atoms with Gasteiger partial charge in [-0.15, -0.1) is 11.6 Å². The Morgan fingerprint density at radius 3 is 2.61 bits per heavy atom. The first-order chi connectivity index (χ1) is 17.4. The number of alkyl halides is 1. The van der Waals surface area contributed by atoms with Crippen molar-refractivity contribution in [2.75, 3.05) is 6.61 Å². The highest BCUT2D eigenvalue weighted by molar-refractivity contribution is 6.21. The lowest BCUT2D eigenvalue weighted by Gasteiger charge is -2.33. The molecule has 4 atom stereocenters. The number of aromatic nitrogens is 1. The molecule has 2 aromatic carbocycles. The van der Waals surface area contributed by atoms with Gasteiger partial charge in [0.05, 0.1) is 18.0 Å². The molecule has 0 saturated heterocycles. The molecular formula is C28H34ClN3O4. The second-order valence-corrected chi connectivity index (χ2v) is 10.3. The van der Waals surface area contributed by atoms with Gasteiger partial charge in [-0.3, -0.25) is 4.79 Å². The van der Waals surface area contributed by atoms with E-state index >= 15 is 0 Å². The summed E-state index contributed by atoms with van der Waals surface area (Å²) in [4.78, 5) is 29.9. The van der Waals surface area contributed by atoms with E-state index in [0.29, 0.717) is 12.8 Å². The van der Waals surface area contributed by atoms with E-state index in [-0.39, 0.29) is 24.5 Å². The highest BCUT2D eigenvalue weighted by atomic mass is 35.5. The van der Waals surface area contributed by atoms with Gasteiger partial charge in [-0.1, -0.05) is 55.0 Å². The molecule has 1 aliphatic rings. The van der Waals surface area contributed by atoms with Crippen LogP contribution in [0.25, 0.3) is 10.9 Å². The number of fused-ring (bicyclic) bond motifs is 1. The number of carbonyl (C=O) groups excluding carboxylic acids is 2. The zero-order valence-corrected chi connectivity index (χ0v) is 21.3. The Labute approximate surface area is 216 Å². The van der Waals surface area contributed by atoms with Crippen LogP contribution in [0, 0.1) is 0 Å². The SMILES string of the molecule is CC(Cc1c[nH]c2ccccc12)(NC(=O)OC1CCCCC1Cl)C(=O)NC(CO)Cc1ccccc1. The fourth-order valence-electron chi connectivity index (χ4n) is 4.82. The second kappa shape index (κ2) is 11.8. The van der Waals surface area contributed by atoms with Crippen LogP contribution >= 0.6 is 11.6 Å². The van der Waals surface area contributed by atoms with E-state index in [9.17, 15) is 14.7 Å². The van der Waals surface area contributed by atoms with E-state index in [1.165, 1.54) is 0 Å². The predicted octanol–water partition coefficient (Wildman–Crippen LogP) is 4.47. The maximum atomic E-state index is 13.7. The zero-order chi connectivity index (χ0) is 25.5. The van der Waals surface area contributed by atoms with Crippen molar-refractivity contribution in [3.8, 4) is 0 Å². The van der Waals surface area contributed by atoms with Crippen LogP contribution in [0.2, 0.25) is 0 Å². The number of halogens is 1. The first-order valence-electron chi connectivity index (χ1n) is 12.5. The van der Waals surface area contributed by atoms with Crippen molar-refractivity contribution in [2.45, 2.75) is 68.5 Å². The zero-order valence-electron chi connectivity index (χ0n) is 20.5. The van der Waals surface area contributed by atoms with Crippen LogP contribution in [0.15, 0.2) is 60.8 Å². The van der Waals surface area contributed by atoms with E-state index in [4.69, 9.17) is 16.3 Å². The Kier molecular flexibility index (Phi) is 8.54. The third kappa shape index (κ3) is 6.39. The van der Waals surface area contributed by atoms with Crippen molar-refractivity contribution in [1.82, 2.24) is 15.6 Å². The number of alkyl carbamates (subject to hydrolysis) is 1. The van der Waals surface area contributed by atoms with Crippen molar-refractivity contribution < 1.29 is 19.4 Å². The number of aliphatic hydroxyl groups excluding tert-OH is 1. The number of rotatable bonds is 9. The molecule has 1 aromatic heterocycles. The van der Waals surface area contributed by atoms with Gasteiger partial charge < -0.3 is 25.5 Å². The van der Waals surface area contributed by atoms with Crippen molar-refractivity contribution in [1.29, 1.82) is 0 Å². The van der Waals surface area contributed by atoms with Crippen LogP contribution in [-0.2, 0) is 22.4 Å². The molecule has 3 aromatic rings. The Hall–Kier alpha value is -3.03. The van der Waals surface area contributed by atoms with Gasteiger partial charge in [0, 0.05) is 23.5 Å². The quantitative estimate of drug-likeness (QED) is 0.318. The van der Waals surface area contributed by atoms with Gasteiger partial charge in [0.25, 0.3) is 0 Å². The van der Waals surface area contributed by atoms with Gasteiger partial charge in [-0.2, -0.15) is 0 Å². The van der Waals surface area contributed by atoms with Crippen LogP contribution in [-0.4, -0.2) is 51.8 Å². The number of hydrogen-bond donors (Lipinski definition) is 4. The summed E-state index contributed by atoms with van der Waals surface area (Å²) in [6.07, 6.45) is 4.96. The normalized spacial score (nSPS) is 20.3. The van der Waals surface area contributed by atoms with Crippen molar-refractivity contribution in [2.24, 2.45) is 0 Å². The fraction of sp³-hybridized carbons (Fsp3) is 0.429. The van der Waals surface area contributed by atoms with E-state index in [0.717, 1.165) is 41.3 Å². The molecule has 4 N–H and O–H groups in total. The van der Waals surface area contributed by atoms with Crippen LogP contribution < -0.4 is 10.6 Å². The summed E-state index contributed by atoms with van der Waals surface area (Å²) in [5.74, 6) is -0.397. The van der Waals surface area contributed by atoms with Crippen molar-refractivity contribution in [3.05, 3.63) is 71.9 Å². The highest BCUT2D eigenvalue weighted by Crippen LogP contribution is 2.27. The van der Waals surface area contributed by atoms with Gasteiger partial charge in [0.15, 0.2) is 0 Å². The number of aromatic amines is 1. The number of ether oxygens (including phenoxy) is 1. The monoisotopic (exact) mass is 511 g/mol. The maximum Gasteiger partial charge on any atom is 0.408 e. The molecule has 0 bridgehead atoms. The average molecular weight is 512 g/mol.